The molecule has 0 spiro atoms. The molecule has 1 saturated heterocycles. The van der Waals surface area contributed by atoms with E-state index in [2.05, 4.69) is 18.6 Å². The number of epoxide rings is 1. The molecule has 1 heterocycles. The van der Waals surface area contributed by atoms with Gasteiger partial charge >= 0.3 is 0 Å². The highest BCUT2D eigenvalue weighted by molar-refractivity contribution is 5.21. The molecule has 0 aromatic heterocycles. The zero-order valence-electron chi connectivity index (χ0n) is 8.19. The third kappa shape index (κ3) is 3.48. The van der Waals surface area contributed by atoms with Crippen LogP contribution in [0.25, 0.3) is 0 Å². The summed E-state index contributed by atoms with van der Waals surface area (Å²) < 4.78 is 10.5. The molecule has 1 aromatic carbocycles. The Morgan fingerprint density at radius 1 is 1.36 bits per heavy atom. The predicted molar refractivity (Wildman–Crippen MR) is 55.0 cm³/mol. The summed E-state index contributed by atoms with van der Waals surface area (Å²) in [6, 6.07) is 10.3. The first-order valence-corrected chi connectivity index (χ1v) is 5.03. The molecule has 1 atom stereocenters. The van der Waals surface area contributed by atoms with E-state index in [0.29, 0.717) is 6.10 Å². The fourth-order valence-corrected chi connectivity index (χ4v) is 1.28. The molecule has 14 heavy (non-hydrogen) atoms. The summed E-state index contributed by atoms with van der Waals surface area (Å²) in [5, 5.41) is 0. The molecule has 0 N–H and O–H groups in total. The monoisotopic (exact) mass is 191 g/mol. The number of ether oxygens (including phenoxy) is 2. The molecule has 0 amide bonds. The SMILES string of the molecule is [CH](CCOCC1CO1)c1ccccc1. The van der Waals surface area contributed by atoms with E-state index in [1.54, 1.807) is 0 Å². The van der Waals surface area contributed by atoms with Crippen LogP contribution >= 0.6 is 0 Å². The van der Waals surface area contributed by atoms with Crippen molar-refractivity contribution in [2.75, 3.05) is 19.8 Å². The van der Waals surface area contributed by atoms with Crippen LogP contribution in [0.5, 0.6) is 0 Å². The first-order valence-electron chi connectivity index (χ1n) is 5.03. The second-order valence-corrected chi connectivity index (χ2v) is 3.43. The molecule has 75 valence electrons. The molecule has 2 rings (SSSR count). The Labute approximate surface area is 84.8 Å². The standard InChI is InChI=1S/C12H15O2/c1-2-5-11(6-3-1)7-4-8-13-9-12-10-14-12/h1-3,5-7,12H,4,8-10H2. The van der Waals surface area contributed by atoms with Crippen LogP contribution in [0.2, 0.25) is 0 Å². The van der Waals surface area contributed by atoms with Crippen LogP contribution in [-0.4, -0.2) is 25.9 Å². The van der Waals surface area contributed by atoms with E-state index in [1.165, 1.54) is 5.56 Å². The highest BCUT2D eigenvalue weighted by Gasteiger charge is 2.21. The highest BCUT2D eigenvalue weighted by atomic mass is 16.6. The van der Waals surface area contributed by atoms with Crippen molar-refractivity contribution in [2.24, 2.45) is 0 Å². The van der Waals surface area contributed by atoms with E-state index in [1.807, 2.05) is 18.2 Å². The van der Waals surface area contributed by atoms with E-state index in [0.717, 1.165) is 26.2 Å². The Balaban J connectivity index is 1.54. The molecule has 1 radical (unpaired) electrons. The fourth-order valence-electron chi connectivity index (χ4n) is 1.28. The average Bonchev–Trinajstić information content (AvgIpc) is 3.03. The van der Waals surface area contributed by atoms with Gasteiger partial charge in [0.15, 0.2) is 0 Å². The van der Waals surface area contributed by atoms with Gasteiger partial charge in [0.25, 0.3) is 0 Å². The zero-order valence-corrected chi connectivity index (χ0v) is 8.19. The van der Waals surface area contributed by atoms with Gasteiger partial charge in [-0.25, -0.2) is 0 Å². The van der Waals surface area contributed by atoms with Crippen LogP contribution < -0.4 is 0 Å². The normalized spacial score (nSPS) is 19.6. The summed E-state index contributed by atoms with van der Waals surface area (Å²) in [4.78, 5) is 0. The van der Waals surface area contributed by atoms with Crippen molar-refractivity contribution in [2.45, 2.75) is 12.5 Å². The predicted octanol–water partition coefficient (Wildman–Crippen LogP) is 2.04. The van der Waals surface area contributed by atoms with Gasteiger partial charge in [0, 0.05) is 6.61 Å². The Morgan fingerprint density at radius 2 is 2.14 bits per heavy atom. The smallest absolute Gasteiger partial charge is 0.104 e. The maximum Gasteiger partial charge on any atom is 0.104 e. The number of rotatable bonds is 6. The van der Waals surface area contributed by atoms with E-state index < -0.39 is 0 Å². The van der Waals surface area contributed by atoms with Crippen molar-refractivity contribution in [3.63, 3.8) is 0 Å². The topological polar surface area (TPSA) is 21.8 Å². The number of hydrogen-bond acceptors (Lipinski definition) is 2. The molecule has 0 bridgehead atoms. The summed E-state index contributed by atoms with van der Waals surface area (Å²) in [7, 11) is 0. The summed E-state index contributed by atoms with van der Waals surface area (Å²) in [5.74, 6) is 0. The molecule has 0 aliphatic carbocycles. The van der Waals surface area contributed by atoms with Gasteiger partial charge in [0.1, 0.15) is 6.10 Å². The highest BCUT2D eigenvalue weighted by Crippen LogP contribution is 2.09. The van der Waals surface area contributed by atoms with Crippen LogP contribution in [0.4, 0.5) is 0 Å². The van der Waals surface area contributed by atoms with Crippen LogP contribution in [0, 0.1) is 6.42 Å². The minimum Gasteiger partial charge on any atom is -0.379 e. The largest absolute Gasteiger partial charge is 0.379 e. The van der Waals surface area contributed by atoms with E-state index in [-0.39, 0.29) is 0 Å². The lowest BCUT2D eigenvalue weighted by Gasteiger charge is -2.01. The summed E-state index contributed by atoms with van der Waals surface area (Å²) >= 11 is 0. The van der Waals surface area contributed by atoms with Gasteiger partial charge in [0.05, 0.1) is 13.2 Å². The summed E-state index contributed by atoms with van der Waals surface area (Å²) in [6.07, 6.45) is 3.54. The second-order valence-electron chi connectivity index (χ2n) is 3.43. The second kappa shape index (κ2) is 5.13. The van der Waals surface area contributed by atoms with Crippen molar-refractivity contribution in [3.8, 4) is 0 Å². The van der Waals surface area contributed by atoms with Gasteiger partial charge in [0.2, 0.25) is 0 Å². The summed E-state index contributed by atoms with van der Waals surface area (Å²) in [5.41, 5.74) is 1.26. The molecule has 2 heteroatoms. The van der Waals surface area contributed by atoms with Gasteiger partial charge in [-0.05, 0) is 18.4 Å². The van der Waals surface area contributed by atoms with Gasteiger partial charge in [-0.2, -0.15) is 0 Å². The lowest BCUT2D eigenvalue weighted by Crippen LogP contribution is -2.02. The van der Waals surface area contributed by atoms with Crippen LogP contribution in [-0.2, 0) is 9.47 Å². The minimum atomic E-state index is 0.381. The summed E-state index contributed by atoms with van der Waals surface area (Å²) in [6.45, 7) is 2.42. The van der Waals surface area contributed by atoms with Gasteiger partial charge in [-0.1, -0.05) is 30.3 Å². The van der Waals surface area contributed by atoms with Gasteiger partial charge in [-0.3, -0.25) is 0 Å². The maximum atomic E-state index is 5.42. The molecule has 1 aliphatic heterocycles. The molecule has 1 aliphatic rings. The molecule has 1 fully saturated rings. The van der Waals surface area contributed by atoms with Crippen molar-refractivity contribution in [1.82, 2.24) is 0 Å². The van der Waals surface area contributed by atoms with Crippen LogP contribution in [0.3, 0.4) is 0 Å². The number of benzene rings is 1. The first kappa shape index (κ1) is 9.69. The zero-order chi connectivity index (χ0) is 9.64. The number of hydrogen-bond donors (Lipinski definition) is 0. The van der Waals surface area contributed by atoms with Crippen molar-refractivity contribution < 1.29 is 9.47 Å². The first-order chi connectivity index (χ1) is 6.95. The van der Waals surface area contributed by atoms with E-state index in [4.69, 9.17) is 9.47 Å². The third-order valence-electron chi connectivity index (χ3n) is 2.15. The molecule has 1 unspecified atom stereocenters. The molecule has 1 aromatic rings. The Kier molecular flexibility index (Phi) is 3.55. The third-order valence-corrected chi connectivity index (χ3v) is 2.15. The Morgan fingerprint density at radius 3 is 2.86 bits per heavy atom. The molecular formula is C12H15O2. The van der Waals surface area contributed by atoms with Gasteiger partial charge in [-0.15, -0.1) is 0 Å². The molecule has 2 nitrogen and oxygen atoms in total. The Bertz CT molecular complexity index is 254. The van der Waals surface area contributed by atoms with Crippen molar-refractivity contribution in [1.29, 1.82) is 0 Å². The minimum absolute atomic E-state index is 0.381. The van der Waals surface area contributed by atoms with E-state index >= 15 is 0 Å². The van der Waals surface area contributed by atoms with Gasteiger partial charge < -0.3 is 9.47 Å². The molecule has 0 saturated carbocycles. The fraction of sp³-hybridized carbons (Fsp3) is 0.417. The van der Waals surface area contributed by atoms with Crippen molar-refractivity contribution in [3.05, 3.63) is 42.3 Å². The van der Waals surface area contributed by atoms with Crippen molar-refractivity contribution >= 4 is 0 Å². The van der Waals surface area contributed by atoms with Crippen LogP contribution in [0.1, 0.15) is 12.0 Å². The lowest BCUT2D eigenvalue weighted by molar-refractivity contribution is 0.119. The molecular weight excluding hydrogens is 176 g/mol. The van der Waals surface area contributed by atoms with Crippen LogP contribution in [0.15, 0.2) is 30.3 Å². The quantitative estimate of drug-likeness (QED) is 0.507. The Hall–Kier alpha value is -0.860. The lowest BCUT2D eigenvalue weighted by atomic mass is 10.1. The maximum absolute atomic E-state index is 5.42. The van der Waals surface area contributed by atoms with E-state index in [9.17, 15) is 0 Å². The average molecular weight is 191 g/mol.